The van der Waals surface area contributed by atoms with Gasteiger partial charge in [-0.2, -0.15) is 0 Å². The maximum absolute atomic E-state index is 12.1. The highest BCUT2D eigenvalue weighted by Crippen LogP contribution is 2.24. The fourth-order valence-electron chi connectivity index (χ4n) is 1.96. The van der Waals surface area contributed by atoms with E-state index in [1.165, 1.54) is 11.0 Å². The maximum atomic E-state index is 12.1. The minimum absolute atomic E-state index is 0.0695. The molecule has 0 fully saturated rings. The van der Waals surface area contributed by atoms with Crippen molar-refractivity contribution in [3.63, 3.8) is 0 Å². The molecule has 140 valence electrons. The number of nitrogens with one attached hydrogen (secondary N) is 2. The van der Waals surface area contributed by atoms with E-state index in [9.17, 15) is 14.4 Å². The number of thiazole rings is 1. The molecule has 0 aliphatic rings. The number of carbonyl (C=O) groups excluding carboxylic acids is 2. The van der Waals surface area contributed by atoms with Crippen LogP contribution in [0.1, 0.15) is 40.8 Å². The number of amides is 2. The molecule has 0 aliphatic carbocycles. The first-order valence-corrected chi connectivity index (χ1v) is 9.70. The lowest BCUT2D eigenvalue weighted by Gasteiger charge is -2.07. The Hall–Kier alpha value is -2.20. The molecule has 10 heteroatoms. The number of H-pyrrole nitrogens is 1. The van der Waals surface area contributed by atoms with Gasteiger partial charge >= 0.3 is 0 Å². The minimum Gasteiger partial charge on any atom is -0.344 e. The summed E-state index contributed by atoms with van der Waals surface area (Å²) in [5, 5.41) is 3.45. The maximum Gasteiger partial charge on any atom is 0.265 e. The monoisotopic (exact) mass is 395 g/mol. The van der Waals surface area contributed by atoms with E-state index in [-0.39, 0.29) is 29.0 Å². The lowest BCUT2D eigenvalue weighted by Crippen LogP contribution is -2.21. The summed E-state index contributed by atoms with van der Waals surface area (Å²) in [6.45, 7) is 5.62. The van der Waals surface area contributed by atoms with Gasteiger partial charge in [0, 0.05) is 20.2 Å². The van der Waals surface area contributed by atoms with Gasteiger partial charge in [-0.3, -0.25) is 14.4 Å². The average Bonchev–Trinajstić information content (AvgIpc) is 2.91. The van der Waals surface area contributed by atoms with Crippen LogP contribution in [0.5, 0.6) is 0 Å². The van der Waals surface area contributed by atoms with E-state index in [4.69, 9.17) is 0 Å². The summed E-state index contributed by atoms with van der Waals surface area (Å²) in [5.74, 6) is -0.246. The molecule has 2 heterocycles. The van der Waals surface area contributed by atoms with Crippen molar-refractivity contribution in [2.45, 2.75) is 31.8 Å². The van der Waals surface area contributed by atoms with Crippen LogP contribution < -0.4 is 10.9 Å². The molecule has 0 aromatic carbocycles. The van der Waals surface area contributed by atoms with E-state index in [0.717, 1.165) is 23.1 Å². The zero-order valence-corrected chi connectivity index (χ0v) is 16.9. The molecule has 0 bridgehead atoms. The molecular formula is C16H21N5O3S2. The van der Waals surface area contributed by atoms with E-state index in [2.05, 4.69) is 20.3 Å². The second-order valence-corrected chi connectivity index (χ2v) is 8.06. The molecule has 0 radical (unpaired) electrons. The van der Waals surface area contributed by atoms with Gasteiger partial charge in [-0.25, -0.2) is 9.97 Å². The van der Waals surface area contributed by atoms with Gasteiger partial charge in [0.25, 0.3) is 11.5 Å². The molecule has 2 aromatic rings. The number of rotatable bonds is 6. The van der Waals surface area contributed by atoms with Crippen LogP contribution in [-0.2, 0) is 4.79 Å². The van der Waals surface area contributed by atoms with Crippen molar-refractivity contribution in [2.24, 2.45) is 0 Å². The Morgan fingerprint density at radius 2 is 2.04 bits per heavy atom. The van der Waals surface area contributed by atoms with Gasteiger partial charge in [-0.05, 0) is 12.8 Å². The largest absolute Gasteiger partial charge is 0.344 e. The Balaban J connectivity index is 2.01. The number of aromatic nitrogens is 3. The molecule has 2 rings (SSSR count). The molecule has 26 heavy (non-hydrogen) atoms. The summed E-state index contributed by atoms with van der Waals surface area (Å²) in [4.78, 5) is 48.9. The van der Waals surface area contributed by atoms with Gasteiger partial charge in [-0.1, -0.05) is 36.9 Å². The first-order chi connectivity index (χ1) is 12.2. The van der Waals surface area contributed by atoms with E-state index in [1.54, 1.807) is 21.0 Å². The highest BCUT2D eigenvalue weighted by Gasteiger charge is 2.18. The van der Waals surface area contributed by atoms with Gasteiger partial charge in [0.2, 0.25) is 5.91 Å². The van der Waals surface area contributed by atoms with Crippen LogP contribution in [-0.4, -0.2) is 51.5 Å². The Kier molecular flexibility index (Phi) is 6.54. The van der Waals surface area contributed by atoms with Crippen molar-refractivity contribution in [1.29, 1.82) is 0 Å². The molecule has 0 spiro atoms. The summed E-state index contributed by atoms with van der Waals surface area (Å²) in [7, 11) is 3.32. The first kappa shape index (κ1) is 20.1. The number of aromatic amines is 1. The first-order valence-electron chi connectivity index (χ1n) is 7.90. The van der Waals surface area contributed by atoms with Crippen molar-refractivity contribution in [2.75, 3.05) is 25.2 Å². The number of thioether (sulfide) groups is 1. The van der Waals surface area contributed by atoms with Crippen LogP contribution in [0, 0.1) is 6.92 Å². The number of nitrogens with zero attached hydrogens (tertiary/aromatic N) is 3. The van der Waals surface area contributed by atoms with E-state index in [0.29, 0.717) is 26.6 Å². The predicted molar refractivity (Wildman–Crippen MR) is 103 cm³/mol. The number of anilines is 1. The zero-order valence-electron chi connectivity index (χ0n) is 15.2. The quantitative estimate of drug-likeness (QED) is 0.573. The summed E-state index contributed by atoms with van der Waals surface area (Å²) in [5.41, 5.74) is 1.01. The van der Waals surface area contributed by atoms with Crippen LogP contribution in [0.15, 0.2) is 16.0 Å². The fourth-order valence-corrected chi connectivity index (χ4v) is 3.64. The van der Waals surface area contributed by atoms with Gasteiger partial charge in [-0.15, -0.1) is 0 Å². The summed E-state index contributed by atoms with van der Waals surface area (Å²) in [6.07, 6.45) is 0. The molecule has 2 N–H and O–H groups in total. The second-order valence-electron chi connectivity index (χ2n) is 6.10. The third-order valence-electron chi connectivity index (χ3n) is 3.31. The molecule has 2 aromatic heterocycles. The Bertz CT molecular complexity index is 873. The number of hydrogen-bond acceptors (Lipinski definition) is 7. The highest BCUT2D eigenvalue weighted by molar-refractivity contribution is 7.99. The summed E-state index contributed by atoms with van der Waals surface area (Å²) in [6, 6.07) is 1.45. The second kappa shape index (κ2) is 8.45. The zero-order chi connectivity index (χ0) is 19.4. The van der Waals surface area contributed by atoms with Crippen LogP contribution in [0.4, 0.5) is 5.13 Å². The third-order valence-corrected chi connectivity index (χ3v) is 5.25. The Morgan fingerprint density at radius 3 is 2.65 bits per heavy atom. The Labute approximate surface area is 159 Å². The molecule has 0 atom stereocenters. The van der Waals surface area contributed by atoms with Gasteiger partial charge in [0.15, 0.2) is 10.3 Å². The average molecular weight is 396 g/mol. The Morgan fingerprint density at radius 1 is 1.35 bits per heavy atom. The minimum atomic E-state index is -0.287. The molecule has 0 aliphatic heterocycles. The highest BCUT2D eigenvalue weighted by atomic mass is 32.2. The molecule has 0 saturated heterocycles. The smallest absolute Gasteiger partial charge is 0.265 e. The van der Waals surface area contributed by atoms with Crippen molar-refractivity contribution in [3.05, 3.63) is 32.7 Å². The molecule has 8 nitrogen and oxygen atoms in total. The standard InChI is InChI=1S/C16H21N5O3S2/c1-8(2)10-6-11(22)19-15(18-10)25-7-12(23)20-16-17-9(3)13(26-16)14(24)21(4)5/h6,8H,7H2,1-5H3,(H,17,20,23)(H,18,19,22). The van der Waals surface area contributed by atoms with E-state index in [1.807, 2.05) is 13.8 Å². The van der Waals surface area contributed by atoms with Crippen molar-refractivity contribution in [3.8, 4) is 0 Å². The summed E-state index contributed by atoms with van der Waals surface area (Å²) >= 11 is 2.28. The predicted octanol–water partition coefficient (Wildman–Crippen LogP) is 2.09. The van der Waals surface area contributed by atoms with E-state index < -0.39 is 0 Å². The third kappa shape index (κ3) is 5.15. The fraction of sp³-hybridized carbons (Fsp3) is 0.438. The van der Waals surface area contributed by atoms with Crippen LogP contribution in [0.3, 0.4) is 0 Å². The van der Waals surface area contributed by atoms with Crippen LogP contribution in [0.2, 0.25) is 0 Å². The van der Waals surface area contributed by atoms with Crippen LogP contribution >= 0.6 is 23.1 Å². The van der Waals surface area contributed by atoms with E-state index >= 15 is 0 Å². The number of hydrogen-bond donors (Lipinski definition) is 2. The van der Waals surface area contributed by atoms with Gasteiger partial charge < -0.3 is 15.2 Å². The van der Waals surface area contributed by atoms with Crippen molar-refractivity contribution in [1.82, 2.24) is 19.9 Å². The molecule has 0 saturated carbocycles. The summed E-state index contributed by atoms with van der Waals surface area (Å²) < 4.78 is 0. The SMILES string of the molecule is Cc1nc(NC(=O)CSc2nc(C(C)C)cc(=O)[nH]2)sc1C(=O)N(C)C. The topological polar surface area (TPSA) is 108 Å². The molecule has 0 unspecified atom stereocenters. The molecule has 2 amide bonds. The number of aryl methyl sites for hydroxylation is 1. The van der Waals surface area contributed by atoms with Crippen LogP contribution in [0.25, 0.3) is 0 Å². The number of carbonyl (C=O) groups is 2. The van der Waals surface area contributed by atoms with Gasteiger partial charge in [0.05, 0.1) is 17.1 Å². The lowest BCUT2D eigenvalue weighted by atomic mass is 10.1. The normalized spacial score (nSPS) is 10.8. The van der Waals surface area contributed by atoms with Gasteiger partial charge in [0.1, 0.15) is 4.88 Å². The van der Waals surface area contributed by atoms with Crippen molar-refractivity contribution >= 4 is 40.0 Å². The van der Waals surface area contributed by atoms with Crippen molar-refractivity contribution < 1.29 is 9.59 Å². The lowest BCUT2D eigenvalue weighted by molar-refractivity contribution is -0.113. The molecular weight excluding hydrogens is 374 g/mol.